The summed E-state index contributed by atoms with van der Waals surface area (Å²) in [6.45, 7) is 11.0. The Morgan fingerprint density at radius 1 is 1.00 bits per heavy atom. The lowest BCUT2D eigenvalue weighted by atomic mass is 9.89. The highest BCUT2D eigenvalue weighted by Crippen LogP contribution is 2.46. The zero-order chi connectivity index (χ0) is 23.9. The summed E-state index contributed by atoms with van der Waals surface area (Å²) in [5.74, 6) is 0.351. The van der Waals surface area contributed by atoms with Crippen molar-refractivity contribution >= 4 is 48.8 Å². The zero-order valence-electron chi connectivity index (χ0n) is 19.3. The van der Waals surface area contributed by atoms with Crippen LogP contribution in [0.5, 0.6) is 0 Å². The van der Waals surface area contributed by atoms with E-state index in [4.69, 9.17) is 9.15 Å². The molecule has 2 aliphatic rings. The summed E-state index contributed by atoms with van der Waals surface area (Å²) >= 11 is 7.52. The molecule has 0 amide bonds. The number of carbonyl (C=O) groups excluding carboxylic acids is 1. The molecule has 0 N–H and O–H groups in total. The third kappa shape index (κ3) is 4.04. The number of nitrogens with zero attached hydrogens (tertiary/aromatic N) is 1. The lowest BCUT2D eigenvalue weighted by Gasteiger charge is -2.21. The first-order valence-electron chi connectivity index (χ1n) is 10.9. The van der Waals surface area contributed by atoms with Gasteiger partial charge in [-0.1, -0.05) is 18.2 Å². The molecule has 0 saturated carbocycles. The second-order valence-electron chi connectivity index (χ2n) is 7.96. The smallest absolute Gasteiger partial charge is 0.338 e. The molecule has 0 unspecified atom stereocenters. The van der Waals surface area contributed by atoms with Crippen LogP contribution < -0.4 is 5.36 Å². The number of halogens is 2. The molecule has 4 nitrogen and oxygen atoms in total. The molecular formula is C27H25Br2NO3. The summed E-state index contributed by atoms with van der Waals surface area (Å²) in [5.41, 5.74) is 7.18. The number of ether oxygens (including phenoxy) is 1. The van der Waals surface area contributed by atoms with Crippen molar-refractivity contribution in [3.8, 4) is 22.5 Å². The van der Waals surface area contributed by atoms with Crippen LogP contribution in [0.25, 0.3) is 33.4 Å². The van der Waals surface area contributed by atoms with Crippen molar-refractivity contribution in [1.29, 1.82) is 0 Å². The van der Waals surface area contributed by atoms with E-state index in [0.717, 1.165) is 58.7 Å². The van der Waals surface area contributed by atoms with Gasteiger partial charge in [-0.05, 0) is 107 Å². The predicted octanol–water partition coefficient (Wildman–Crippen LogP) is 7.75. The number of aryl methyl sites for hydroxylation is 2. The Morgan fingerprint density at radius 3 is 2.42 bits per heavy atom. The van der Waals surface area contributed by atoms with E-state index in [0.29, 0.717) is 24.5 Å². The van der Waals surface area contributed by atoms with Crippen LogP contribution in [0.3, 0.4) is 0 Å². The van der Waals surface area contributed by atoms with E-state index in [-0.39, 0.29) is 5.97 Å². The topological polar surface area (TPSA) is 51.8 Å². The van der Waals surface area contributed by atoms with Gasteiger partial charge in [0.15, 0.2) is 5.76 Å². The molecule has 0 radical (unpaired) electrons. The SMILES string of the molecule is CCN=c1c(C)cc2c(-c3ccccc3C(=O)OCC)c3cc(C)c(C)c(Br)c3oc-2c1Br. The Morgan fingerprint density at radius 2 is 1.73 bits per heavy atom. The second kappa shape index (κ2) is 9.43. The van der Waals surface area contributed by atoms with Crippen LogP contribution >= 0.6 is 31.9 Å². The number of hydrogen-bond acceptors (Lipinski definition) is 4. The molecule has 2 aromatic rings. The number of rotatable bonds is 4. The van der Waals surface area contributed by atoms with Crippen LogP contribution in [0.4, 0.5) is 0 Å². The van der Waals surface area contributed by atoms with Gasteiger partial charge in [-0.2, -0.15) is 0 Å². The van der Waals surface area contributed by atoms with E-state index in [1.807, 2.05) is 45.0 Å². The van der Waals surface area contributed by atoms with Crippen molar-refractivity contribution in [3.05, 3.63) is 73.0 Å². The van der Waals surface area contributed by atoms with E-state index in [1.54, 1.807) is 0 Å². The van der Waals surface area contributed by atoms with Gasteiger partial charge in [0.25, 0.3) is 0 Å². The highest BCUT2D eigenvalue weighted by Gasteiger charge is 2.26. The van der Waals surface area contributed by atoms with Crippen molar-refractivity contribution in [2.24, 2.45) is 4.99 Å². The molecular weight excluding hydrogens is 546 g/mol. The van der Waals surface area contributed by atoms with Crippen molar-refractivity contribution in [2.75, 3.05) is 13.2 Å². The molecule has 1 heterocycles. The highest BCUT2D eigenvalue weighted by molar-refractivity contribution is 9.11. The third-order valence-electron chi connectivity index (χ3n) is 5.86. The van der Waals surface area contributed by atoms with E-state index in [9.17, 15) is 4.79 Å². The van der Waals surface area contributed by atoms with Crippen molar-refractivity contribution in [3.63, 3.8) is 0 Å². The van der Waals surface area contributed by atoms with Crippen LogP contribution in [0.1, 0.15) is 40.9 Å². The quantitative estimate of drug-likeness (QED) is 0.186. The maximum atomic E-state index is 12.9. The Bertz CT molecular complexity index is 1440. The molecule has 0 atom stereocenters. The van der Waals surface area contributed by atoms with Gasteiger partial charge >= 0.3 is 5.97 Å². The van der Waals surface area contributed by atoms with E-state index in [1.165, 1.54) is 0 Å². The summed E-state index contributed by atoms with van der Waals surface area (Å²) < 4.78 is 13.6. The maximum Gasteiger partial charge on any atom is 0.338 e. The fourth-order valence-electron chi connectivity index (χ4n) is 4.15. The molecule has 0 bridgehead atoms. The Hall–Kier alpha value is -2.44. The summed E-state index contributed by atoms with van der Waals surface area (Å²) in [5, 5.41) is 1.80. The zero-order valence-corrected chi connectivity index (χ0v) is 22.5. The first kappa shape index (κ1) is 23.7. The minimum Gasteiger partial charge on any atom is -0.462 e. The highest BCUT2D eigenvalue weighted by atomic mass is 79.9. The van der Waals surface area contributed by atoms with E-state index >= 15 is 0 Å². The summed E-state index contributed by atoms with van der Waals surface area (Å²) in [6.07, 6.45) is 0. The molecule has 0 aromatic heterocycles. The fraction of sp³-hybridized carbons (Fsp3) is 0.259. The average molecular weight is 571 g/mol. The minimum absolute atomic E-state index is 0.315. The minimum atomic E-state index is -0.341. The number of esters is 1. The largest absolute Gasteiger partial charge is 0.462 e. The van der Waals surface area contributed by atoms with Gasteiger partial charge < -0.3 is 9.15 Å². The number of benzene rings is 3. The fourth-order valence-corrected chi connectivity index (χ4v) is 5.49. The predicted molar refractivity (Wildman–Crippen MR) is 140 cm³/mol. The first-order chi connectivity index (χ1) is 15.8. The molecule has 1 aliphatic heterocycles. The lowest BCUT2D eigenvalue weighted by Crippen LogP contribution is -2.13. The number of fused-ring (bicyclic) bond motifs is 2. The summed E-state index contributed by atoms with van der Waals surface area (Å²) in [6, 6.07) is 11.8. The summed E-state index contributed by atoms with van der Waals surface area (Å²) in [4.78, 5) is 17.6. The van der Waals surface area contributed by atoms with Crippen LogP contribution in [0, 0.1) is 20.8 Å². The monoisotopic (exact) mass is 569 g/mol. The number of carbonyl (C=O) groups is 1. The van der Waals surface area contributed by atoms with E-state index in [2.05, 4.69) is 62.8 Å². The van der Waals surface area contributed by atoms with Crippen LogP contribution in [0.15, 0.2) is 54.8 Å². The Labute approximate surface area is 210 Å². The van der Waals surface area contributed by atoms with Gasteiger partial charge in [-0.25, -0.2) is 4.79 Å². The average Bonchev–Trinajstić information content (AvgIpc) is 2.80. The lowest BCUT2D eigenvalue weighted by molar-refractivity contribution is 0.0527. The molecule has 0 saturated heterocycles. The normalized spacial score (nSPS) is 12.0. The van der Waals surface area contributed by atoms with Crippen LogP contribution in [-0.4, -0.2) is 19.1 Å². The van der Waals surface area contributed by atoms with Gasteiger partial charge in [-0.15, -0.1) is 0 Å². The molecule has 6 heteroatoms. The second-order valence-corrected chi connectivity index (χ2v) is 9.55. The third-order valence-corrected chi connectivity index (χ3v) is 7.55. The summed E-state index contributed by atoms with van der Waals surface area (Å²) in [7, 11) is 0. The van der Waals surface area contributed by atoms with Gasteiger partial charge in [-0.3, -0.25) is 4.99 Å². The molecule has 33 heavy (non-hydrogen) atoms. The van der Waals surface area contributed by atoms with Gasteiger partial charge in [0, 0.05) is 23.1 Å². The van der Waals surface area contributed by atoms with Gasteiger partial charge in [0.05, 0.1) is 26.5 Å². The molecule has 0 spiro atoms. The van der Waals surface area contributed by atoms with E-state index < -0.39 is 0 Å². The molecule has 1 aliphatic carbocycles. The molecule has 170 valence electrons. The van der Waals surface area contributed by atoms with Crippen molar-refractivity contribution in [2.45, 2.75) is 34.6 Å². The Kier molecular flexibility index (Phi) is 6.78. The van der Waals surface area contributed by atoms with Crippen LogP contribution in [-0.2, 0) is 4.74 Å². The standard InChI is InChI=1S/C27H25Br2NO3/c1-6-30-24-15(4)13-20-21(17-10-8-9-11-18(17)27(31)32-7-2)19-12-14(3)16(5)22(28)25(19)33-26(20)23(24)29/h8-13H,6-7H2,1-5H3. The van der Waals surface area contributed by atoms with Crippen molar-refractivity contribution < 1.29 is 13.9 Å². The number of hydrogen-bond donors (Lipinski definition) is 0. The Balaban J connectivity index is 2.26. The maximum absolute atomic E-state index is 12.9. The molecule has 0 fully saturated rings. The van der Waals surface area contributed by atoms with Gasteiger partial charge in [0.2, 0.25) is 0 Å². The molecule has 2 aromatic carbocycles. The molecule has 4 rings (SSSR count). The van der Waals surface area contributed by atoms with Gasteiger partial charge in [0.1, 0.15) is 5.58 Å². The van der Waals surface area contributed by atoms with Crippen molar-refractivity contribution in [1.82, 2.24) is 0 Å². The van der Waals surface area contributed by atoms with Crippen LogP contribution in [0.2, 0.25) is 0 Å². The first-order valence-corrected chi connectivity index (χ1v) is 12.5.